The lowest BCUT2D eigenvalue weighted by molar-refractivity contribution is 0.0950. The monoisotopic (exact) mass is 212 g/mol. The number of aromatic nitrogens is 2. The molecule has 0 aliphatic heterocycles. The maximum Gasteiger partial charge on any atom is 0.292 e. The number of nitrogens with two attached hydrogens (primary N) is 1. The Morgan fingerprint density at radius 2 is 2.27 bits per heavy atom. The topological polar surface area (TPSA) is 94.0 Å². The highest BCUT2D eigenvalue weighted by molar-refractivity contribution is 5.89. The van der Waals surface area contributed by atoms with Crippen LogP contribution in [0.15, 0.2) is 4.52 Å². The van der Waals surface area contributed by atoms with Crippen LogP contribution in [0.2, 0.25) is 0 Å². The van der Waals surface area contributed by atoms with Gasteiger partial charge in [-0.05, 0) is 19.4 Å². The van der Waals surface area contributed by atoms with Gasteiger partial charge in [0.2, 0.25) is 5.89 Å². The molecular formula is C9H16N4O2. The minimum absolute atomic E-state index is 0.0892. The van der Waals surface area contributed by atoms with Crippen molar-refractivity contribution in [3.05, 3.63) is 11.7 Å². The molecule has 0 aliphatic rings. The second-order valence-corrected chi connectivity index (χ2v) is 3.19. The minimum Gasteiger partial charge on any atom is -0.352 e. The van der Waals surface area contributed by atoms with Crippen molar-refractivity contribution in [1.82, 2.24) is 15.5 Å². The zero-order valence-electron chi connectivity index (χ0n) is 8.82. The molecule has 0 atom stereocenters. The zero-order valence-corrected chi connectivity index (χ0v) is 8.82. The summed E-state index contributed by atoms with van der Waals surface area (Å²) >= 11 is 0. The predicted octanol–water partition coefficient (Wildman–Crippen LogP) is 0.101. The van der Waals surface area contributed by atoms with Crippen LogP contribution in [-0.4, -0.2) is 29.6 Å². The first-order chi connectivity index (χ1) is 7.27. The van der Waals surface area contributed by atoms with Gasteiger partial charge in [0.05, 0.1) is 0 Å². The Morgan fingerprint density at radius 1 is 1.47 bits per heavy atom. The fourth-order valence-electron chi connectivity index (χ4n) is 1.16. The summed E-state index contributed by atoms with van der Waals surface area (Å²) in [4.78, 5) is 15.0. The summed E-state index contributed by atoms with van der Waals surface area (Å²) in [5.74, 6) is 0.268. The number of aryl methyl sites for hydroxylation is 1. The van der Waals surface area contributed by atoms with Crippen LogP contribution in [0.3, 0.4) is 0 Å². The van der Waals surface area contributed by atoms with Gasteiger partial charge in [-0.1, -0.05) is 11.6 Å². The zero-order chi connectivity index (χ0) is 11.1. The lowest BCUT2D eigenvalue weighted by Crippen LogP contribution is -2.19. The van der Waals surface area contributed by atoms with Gasteiger partial charge in [0.15, 0.2) is 0 Å². The molecule has 0 saturated heterocycles. The standard InChI is InChI=1S/C9H16N4O2/c1-11-9(14)8-12-7(15-13-8)5-3-2-4-6-10/h2-6,10H2,1H3,(H,11,14). The van der Waals surface area contributed by atoms with E-state index in [-0.39, 0.29) is 11.7 Å². The second kappa shape index (κ2) is 6.13. The van der Waals surface area contributed by atoms with E-state index in [0.29, 0.717) is 18.9 Å². The van der Waals surface area contributed by atoms with Crippen LogP contribution in [0.1, 0.15) is 35.8 Å². The van der Waals surface area contributed by atoms with Crippen LogP contribution in [-0.2, 0) is 6.42 Å². The van der Waals surface area contributed by atoms with E-state index in [1.54, 1.807) is 0 Å². The molecule has 0 saturated carbocycles. The molecule has 0 unspecified atom stereocenters. The Bertz CT molecular complexity index is 311. The Balaban J connectivity index is 2.36. The van der Waals surface area contributed by atoms with E-state index in [4.69, 9.17) is 10.3 Å². The van der Waals surface area contributed by atoms with Crippen LogP contribution >= 0.6 is 0 Å². The lowest BCUT2D eigenvalue weighted by atomic mass is 10.2. The van der Waals surface area contributed by atoms with E-state index < -0.39 is 0 Å². The molecule has 1 aromatic rings. The summed E-state index contributed by atoms with van der Waals surface area (Å²) in [5, 5.41) is 5.99. The smallest absolute Gasteiger partial charge is 0.292 e. The molecule has 1 aromatic heterocycles. The predicted molar refractivity (Wildman–Crippen MR) is 54.3 cm³/mol. The van der Waals surface area contributed by atoms with Crippen LogP contribution in [0, 0.1) is 0 Å². The van der Waals surface area contributed by atoms with Crippen molar-refractivity contribution < 1.29 is 9.32 Å². The van der Waals surface area contributed by atoms with Crippen molar-refractivity contribution in [3.8, 4) is 0 Å². The Hall–Kier alpha value is -1.43. The van der Waals surface area contributed by atoms with Gasteiger partial charge in [0, 0.05) is 13.5 Å². The SMILES string of the molecule is CNC(=O)c1noc(CCCCCN)n1. The van der Waals surface area contributed by atoms with Gasteiger partial charge in [0.25, 0.3) is 11.7 Å². The highest BCUT2D eigenvalue weighted by Crippen LogP contribution is 2.04. The van der Waals surface area contributed by atoms with E-state index in [0.717, 1.165) is 19.3 Å². The summed E-state index contributed by atoms with van der Waals surface area (Å²) in [5.41, 5.74) is 5.37. The first kappa shape index (κ1) is 11.6. The average molecular weight is 212 g/mol. The first-order valence-corrected chi connectivity index (χ1v) is 5.02. The average Bonchev–Trinajstić information content (AvgIpc) is 2.72. The highest BCUT2D eigenvalue weighted by atomic mass is 16.5. The van der Waals surface area contributed by atoms with Gasteiger partial charge in [-0.25, -0.2) is 0 Å². The minimum atomic E-state index is -0.327. The fraction of sp³-hybridized carbons (Fsp3) is 0.667. The largest absolute Gasteiger partial charge is 0.352 e. The maximum atomic E-state index is 11.1. The van der Waals surface area contributed by atoms with E-state index in [9.17, 15) is 4.79 Å². The molecule has 1 heterocycles. The molecule has 0 radical (unpaired) electrons. The molecule has 3 N–H and O–H groups in total. The summed E-state index contributed by atoms with van der Waals surface area (Å²) < 4.78 is 4.91. The van der Waals surface area contributed by atoms with Crippen LogP contribution in [0.5, 0.6) is 0 Å². The fourth-order valence-corrected chi connectivity index (χ4v) is 1.16. The molecule has 0 aliphatic carbocycles. The van der Waals surface area contributed by atoms with Crippen molar-refractivity contribution in [2.75, 3.05) is 13.6 Å². The molecule has 1 rings (SSSR count). The summed E-state index contributed by atoms with van der Waals surface area (Å²) in [6.45, 7) is 0.702. The third-order valence-electron chi connectivity index (χ3n) is 1.99. The van der Waals surface area contributed by atoms with Gasteiger partial charge in [-0.15, -0.1) is 0 Å². The number of unbranched alkanes of at least 4 members (excludes halogenated alkanes) is 2. The Labute approximate surface area is 88.2 Å². The van der Waals surface area contributed by atoms with E-state index in [2.05, 4.69) is 15.5 Å². The van der Waals surface area contributed by atoms with E-state index >= 15 is 0 Å². The van der Waals surface area contributed by atoms with Crippen molar-refractivity contribution in [2.24, 2.45) is 5.73 Å². The number of hydrogen-bond acceptors (Lipinski definition) is 5. The van der Waals surface area contributed by atoms with Crippen LogP contribution in [0.25, 0.3) is 0 Å². The van der Waals surface area contributed by atoms with Crippen molar-refractivity contribution >= 4 is 5.91 Å². The van der Waals surface area contributed by atoms with Crippen molar-refractivity contribution in [3.63, 3.8) is 0 Å². The summed E-state index contributed by atoms with van der Waals surface area (Å²) in [7, 11) is 1.53. The number of nitrogens with one attached hydrogen (secondary N) is 1. The molecular weight excluding hydrogens is 196 g/mol. The maximum absolute atomic E-state index is 11.1. The molecule has 0 bridgehead atoms. The van der Waals surface area contributed by atoms with Gasteiger partial charge in [-0.2, -0.15) is 4.98 Å². The quantitative estimate of drug-likeness (QED) is 0.652. The summed E-state index contributed by atoms with van der Waals surface area (Å²) in [6, 6.07) is 0. The normalized spacial score (nSPS) is 10.3. The van der Waals surface area contributed by atoms with Crippen LogP contribution < -0.4 is 11.1 Å². The molecule has 1 amide bonds. The molecule has 0 spiro atoms. The molecule has 0 aromatic carbocycles. The van der Waals surface area contributed by atoms with Crippen molar-refractivity contribution in [2.45, 2.75) is 25.7 Å². The number of nitrogens with zero attached hydrogens (tertiary/aromatic N) is 2. The van der Waals surface area contributed by atoms with E-state index in [1.165, 1.54) is 7.05 Å². The summed E-state index contributed by atoms with van der Waals surface area (Å²) in [6.07, 6.45) is 3.68. The highest BCUT2D eigenvalue weighted by Gasteiger charge is 2.11. The number of amides is 1. The molecule has 6 heteroatoms. The second-order valence-electron chi connectivity index (χ2n) is 3.19. The molecule has 84 valence electrons. The Morgan fingerprint density at radius 3 is 2.93 bits per heavy atom. The number of rotatable bonds is 6. The Kier molecular flexibility index (Phi) is 4.76. The number of carbonyl (C=O) groups excluding carboxylic acids is 1. The molecule has 6 nitrogen and oxygen atoms in total. The number of carbonyl (C=O) groups is 1. The van der Waals surface area contributed by atoms with Gasteiger partial charge < -0.3 is 15.6 Å². The molecule has 0 fully saturated rings. The van der Waals surface area contributed by atoms with Gasteiger partial charge in [-0.3, -0.25) is 4.79 Å². The lowest BCUT2D eigenvalue weighted by Gasteiger charge is -1.94. The first-order valence-electron chi connectivity index (χ1n) is 5.02. The van der Waals surface area contributed by atoms with Gasteiger partial charge >= 0.3 is 0 Å². The third kappa shape index (κ3) is 3.67. The molecule has 15 heavy (non-hydrogen) atoms. The van der Waals surface area contributed by atoms with Crippen molar-refractivity contribution in [1.29, 1.82) is 0 Å². The third-order valence-corrected chi connectivity index (χ3v) is 1.99. The number of hydrogen-bond donors (Lipinski definition) is 2. The van der Waals surface area contributed by atoms with Crippen LogP contribution in [0.4, 0.5) is 0 Å². The van der Waals surface area contributed by atoms with Gasteiger partial charge in [0.1, 0.15) is 0 Å². The van der Waals surface area contributed by atoms with E-state index in [1.807, 2.05) is 0 Å².